The number of hydrogen-bond acceptors (Lipinski definition) is 6. The first-order chi connectivity index (χ1) is 18.2. The summed E-state index contributed by atoms with van der Waals surface area (Å²) in [6, 6.07) is 19.0. The van der Waals surface area contributed by atoms with Gasteiger partial charge in [0, 0.05) is 42.3 Å². The zero-order valence-corrected chi connectivity index (χ0v) is 22.1. The predicted molar refractivity (Wildman–Crippen MR) is 148 cm³/mol. The van der Waals surface area contributed by atoms with E-state index in [0.717, 1.165) is 59.5 Å². The first-order valence-corrected chi connectivity index (χ1v) is 13.2. The van der Waals surface area contributed by atoms with E-state index in [4.69, 9.17) is 4.74 Å². The van der Waals surface area contributed by atoms with Crippen LogP contribution in [0, 0.1) is 0 Å². The monoisotopic (exact) mass is 513 g/mol. The molecule has 3 N–H and O–H groups in total. The Hall–Kier alpha value is -3.75. The van der Waals surface area contributed by atoms with Gasteiger partial charge in [-0.2, -0.15) is 5.10 Å². The number of ether oxygens (including phenoxy) is 1. The van der Waals surface area contributed by atoms with Crippen LogP contribution in [0.15, 0.2) is 66.9 Å². The zero-order valence-electron chi connectivity index (χ0n) is 22.1. The summed E-state index contributed by atoms with van der Waals surface area (Å²) in [6.45, 7) is 8.13. The Labute approximate surface area is 223 Å². The number of aliphatic hydroxyl groups is 1. The fourth-order valence-electron chi connectivity index (χ4n) is 4.98. The van der Waals surface area contributed by atoms with Crippen LogP contribution in [0.2, 0.25) is 0 Å². The number of pyridine rings is 1. The molecule has 8 nitrogen and oxygen atoms in total. The number of carbonyl (C=O) groups is 1. The fourth-order valence-corrected chi connectivity index (χ4v) is 4.98. The molecule has 0 bridgehead atoms. The van der Waals surface area contributed by atoms with E-state index < -0.39 is 5.60 Å². The van der Waals surface area contributed by atoms with E-state index in [1.54, 1.807) is 12.3 Å². The lowest BCUT2D eigenvalue weighted by atomic mass is 10.0. The van der Waals surface area contributed by atoms with Crippen molar-refractivity contribution in [2.75, 3.05) is 19.6 Å². The third-order valence-corrected chi connectivity index (χ3v) is 6.88. The number of rotatable bonds is 8. The van der Waals surface area contributed by atoms with Gasteiger partial charge in [-0.3, -0.25) is 14.9 Å². The second-order valence-corrected chi connectivity index (χ2v) is 10.7. The summed E-state index contributed by atoms with van der Waals surface area (Å²) in [5.74, 6) is 0.674. The van der Waals surface area contributed by atoms with Crippen molar-refractivity contribution in [3.63, 3.8) is 0 Å². The molecule has 1 atom stereocenters. The molecule has 0 aliphatic carbocycles. The summed E-state index contributed by atoms with van der Waals surface area (Å²) in [7, 11) is 0. The van der Waals surface area contributed by atoms with E-state index in [0.29, 0.717) is 12.1 Å². The third kappa shape index (κ3) is 6.20. The van der Waals surface area contributed by atoms with Crippen LogP contribution in [0.25, 0.3) is 22.2 Å². The molecule has 0 unspecified atom stereocenters. The number of β-amino-alcohol motifs (C(OH)–C–C–N with tert-alkyl or cyclic N) is 1. The maximum absolute atomic E-state index is 13.0. The molecule has 1 fully saturated rings. The van der Waals surface area contributed by atoms with Crippen LogP contribution >= 0.6 is 0 Å². The van der Waals surface area contributed by atoms with Crippen molar-refractivity contribution in [1.29, 1.82) is 0 Å². The van der Waals surface area contributed by atoms with E-state index in [1.807, 2.05) is 75.4 Å². The molecule has 1 aliphatic heterocycles. The molecule has 2 aromatic heterocycles. The van der Waals surface area contributed by atoms with E-state index >= 15 is 0 Å². The molecule has 3 heterocycles. The summed E-state index contributed by atoms with van der Waals surface area (Å²) < 4.78 is 6.24. The van der Waals surface area contributed by atoms with Gasteiger partial charge in [0.1, 0.15) is 11.9 Å². The number of aromatic amines is 1. The van der Waals surface area contributed by atoms with Crippen molar-refractivity contribution >= 4 is 16.8 Å². The van der Waals surface area contributed by atoms with Crippen molar-refractivity contribution in [2.45, 2.75) is 51.4 Å². The molecule has 4 aromatic rings. The number of aromatic nitrogens is 3. The molecule has 8 heteroatoms. The van der Waals surface area contributed by atoms with Gasteiger partial charge in [-0.15, -0.1) is 0 Å². The van der Waals surface area contributed by atoms with E-state index in [2.05, 4.69) is 25.4 Å². The highest BCUT2D eigenvalue weighted by molar-refractivity contribution is 6.01. The first-order valence-electron chi connectivity index (χ1n) is 13.2. The number of likely N-dealkylation sites (tertiary alicyclic amines) is 1. The van der Waals surface area contributed by atoms with Crippen LogP contribution in [0.1, 0.15) is 55.7 Å². The maximum atomic E-state index is 13.0. The number of nitrogens with one attached hydrogen (secondary N) is 2. The Morgan fingerprint density at radius 2 is 1.92 bits per heavy atom. The van der Waals surface area contributed by atoms with Gasteiger partial charge in [0.05, 0.1) is 28.5 Å². The molecule has 1 saturated heterocycles. The summed E-state index contributed by atoms with van der Waals surface area (Å²) >= 11 is 0. The minimum absolute atomic E-state index is 0.158. The van der Waals surface area contributed by atoms with Crippen LogP contribution in [0.5, 0.6) is 5.75 Å². The number of piperidine rings is 1. The second-order valence-electron chi connectivity index (χ2n) is 10.7. The van der Waals surface area contributed by atoms with Gasteiger partial charge >= 0.3 is 0 Å². The number of fused-ring (bicyclic) bond motifs is 1. The van der Waals surface area contributed by atoms with Crippen LogP contribution in [0.3, 0.4) is 0 Å². The molecule has 1 amide bonds. The Bertz CT molecular complexity index is 1370. The number of nitrogens with zero attached hydrogens (tertiary/aromatic N) is 3. The van der Waals surface area contributed by atoms with Crippen molar-refractivity contribution in [2.24, 2.45) is 0 Å². The van der Waals surface area contributed by atoms with Gasteiger partial charge in [-0.05, 0) is 88.2 Å². The highest BCUT2D eigenvalue weighted by Crippen LogP contribution is 2.29. The normalized spacial score (nSPS) is 15.9. The summed E-state index contributed by atoms with van der Waals surface area (Å²) in [4.78, 5) is 19.6. The summed E-state index contributed by atoms with van der Waals surface area (Å²) in [6.07, 6.45) is 3.76. The quantitative estimate of drug-likeness (QED) is 0.315. The van der Waals surface area contributed by atoms with Crippen molar-refractivity contribution < 1.29 is 14.6 Å². The smallest absolute Gasteiger partial charge is 0.251 e. The van der Waals surface area contributed by atoms with Crippen molar-refractivity contribution in [3.8, 4) is 17.0 Å². The van der Waals surface area contributed by atoms with Crippen LogP contribution in [-0.4, -0.2) is 62.4 Å². The van der Waals surface area contributed by atoms with Crippen LogP contribution in [0.4, 0.5) is 0 Å². The molecule has 1 aliphatic rings. The molecule has 0 spiro atoms. The lowest BCUT2D eigenvalue weighted by Gasteiger charge is -2.35. The van der Waals surface area contributed by atoms with Gasteiger partial charge < -0.3 is 20.1 Å². The van der Waals surface area contributed by atoms with E-state index in [1.165, 1.54) is 0 Å². The van der Waals surface area contributed by atoms with Gasteiger partial charge in [0.25, 0.3) is 5.91 Å². The topological polar surface area (TPSA) is 103 Å². The highest BCUT2D eigenvalue weighted by Gasteiger charge is 2.25. The lowest BCUT2D eigenvalue weighted by Crippen LogP contribution is -2.45. The molecule has 2 aromatic carbocycles. The minimum Gasteiger partial charge on any atom is -0.490 e. The third-order valence-electron chi connectivity index (χ3n) is 6.88. The second kappa shape index (κ2) is 10.9. The summed E-state index contributed by atoms with van der Waals surface area (Å²) in [5.41, 5.74) is 3.31. The van der Waals surface area contributed by atoms with Gasteiger partial charge in [0.15, 0.2) is 0 Å². The van der Waals surface area contributed by atoms with Crippen LogP contribution < -0.4 is 10.1 Å². The molecule has 5 rings (SSSR count). The van der Waals surface area contributed by atoms with Crippen molar-refractivity contribution in [1.82, 2.24) is 25.4 Å². The Kier molecular flexibility index (Phi) is 7.44. The SMILES string of the molecule is C[C@H](NC(=O)c1ccc2[nH]nc(-c3ccc(OC4CCN(CC(C)(C)O)CC4)cc3)c2c1)c1ccccn1. The molecule has 0 radical (unpaired) electrons. The van der Waals surface area contributed by atoms with Gasteiger partial charge in [0.2, 0.25) is 0 Å². The molecule has 38 heavy (non-hydrogen) atoms. The first kappa shape index (κ1) is 25.9. The van der Waals surface area contributed by atoms with E-state index in [-0.39, 0.29) is 18.1 Å². The number of H-pyrrole nitrogens is 1. The Morgan fingerprint density at radius 3 is 2.61 bits per heavy atom. The molecular formula is C30H35N5O3. The number of amides is 1. The highest BCUT2D eigenvalue weighted by atomic mass is 16.5. The van der Waals surface area contributed by atoms with Gasteiger partial charge in [-0.1, -0.05) is 6.07 Å². The van der Waals surface area contributed by atoms with Crippen molar-refractivity contribution in [3.05, 3.63) is 78.1 Å². The van der Waals surface area contributed by atoms with Gasteiger partial charge in [-0.25, -0.2) is 0 Å². The average Bonchev–Trinajstić information content (AvgIpc) is 3.33. The number of benzene rings is 2. The summed E-state index contributed by atoms with van der Waals surface area (Å²) in [5, 5.41) is 21.6. The number of hydrogen-bond donors (Lipinski definition) is 3. The fraction of sp³-hybridized carbons (Fsp3) is 0.367. The van der Waals surface area contributed by atoms with Crippen LogP contribution in [-0.2, 0) is 0 Å². The zero-order chi connectivity index (χ0) is 26.7. The minimum atomic E-state index is -0.678. The lowest BCUT2D eigenvalue weighted by molar-refractivity contribution is 0.0140. The number of carbonyl (C=O) groups excluding carboxylic acids is 1. The predicted octanol–water partition coefficient (Wildman–Crippen LogP) is 4.73. The Balaban J connectivity index is 1.24. The standard InChI is InChI=1S/C30H35N5O3/c1-20(26-6-4-5-15-31-26)32-29(36)22-9-12-27-25(18-22)28(34-33-27)21-7-10-23(11-8-21)38-24-13-16-35(17-14-24)19-30(2,3)37/h4-12,15,18,20,24,37H,13-14,16-17,19H2,1-3H3,(H,32,36)(H,33,34)/t20-/m0/s1. The molecular weight excluding hydrogens is 478 g/mol. The maximum Gasteiger partial charge on any atom is 0.251 e. The average molecular weight is 514 g/mol. The molecule has 198 valence electrons. The Morgan fingerprint density at radius 1 is 1.16 bits per heavy atom. The van der Waals surface area contributed by atoms with E-state index in [9.17, 15) is 9.90 Å². The largest absolute Gasteiger partial charge is 0.490 e. The molecule has 0 saturated carbocycles.